The van der Waals surface area contributed by atoms with Gasteiger partial charge < -0.3 is 10.6 Å². The number of halogens is 2. The van der Waals surface area contributed by atoms with E-state index in [1.54, 1.807) is 12.1 Å². The first-order chi connectivity index (χ1) is 9.75. The lowest BCUT2D eigenvalue weighted by Crippen LogP contribution is -2.52. The van der Waals surface area contributed by atoms with Crippen LogP contribution in [-0.2, 0) is 4.79 Å². The Morgan fingerprint density at radius 2 is 1.90 bits per heavy atom. The highest BCUT2D eigenvalue weighted by Crippen LogP contribution is 2.36. The fraction of sp³-hybridized carbons (Fsp3) is 0.562. The Bertz CT molecular complexity index is 487. The summed E-state index contributed by atoms with van der Waals surface area (Å²) < 4.78 is 14.1. The molecule has 3 nitrogen and oxygen atoms in total. The molecule has 1 amide bonds. The number of nitrogens with one attached hydrogen (secondary N) is 2. The number of rotatable bonds is 4. The summed E-state index contributed by atoms with van der Waals surface area (Å²) in [6.45, 7) is 1.47. The van der Waals surface area contributed by atoms with Gasteiger partial charge in [0.05, 0.1) is 12.0 Å². The first-order valence-electron chi connectivity index (χ1n) is 7.51. The molecule has 0 bridgehead atoms. The monoisotopic (exact) mass is 312 g/mol. The zero-order chi connectivity index (χ0) is 13.9. The zero-order valence-electron chi connectivity index (χ0n) is 12.0. The van der Waals surface area contributed by atoms with E-state index >= 15 is 0 Å². The van der Waals surface area contributed by atoms with Crippen LogP contribution in [0.4, 0.5) is 4.39 Å². The van der Waals surface area contributed by atoms with Crippen LogP contribution in [0.1, 0.15) is 37.3 Å². The molecule has 2 N–H and O–H groups in total. The summed E-state index contributed by atoms with van der Waals surface area (Å²) in [5, 5.41) is 6.20. The second-order valence-electron chi connectivity index (χ2n) is 5.91. The van der Waals surface area contributed by atoms with E-state index < -0.39 is 0 Å². The average molecular weight is 313 g/mol. The Hall–Kier alpha value is -1.13. The molecule has 0 spiro atoms. The molecule has 1 atom stereocenters. The lowest BCUT2D eigenvalue weighted by Gasteiger charge is -2.31. The van der Waals surface area contributed by atoms with E-state index in [0.29, 0.717) is 11.5 Å². The summed E-state index contributed by atoms with van der Waals surface area (Å²) in [7, 11) is 0. The normalized spacial score (nSPS) is 20.4. The molecule has 1 aromatic rings. The third kappa shape index (κ3) is 3.55. The number of carbonyl (C=O) groups is 1. The Labute approximate surface area is 131 Å². The van der Waals surface area contributed by atoms with Crippen molar-refractivity contribution in [1.29, 1.82) is 0 Å². The molecule has 1 saturated heterocycles. The van der Waals surface area contributed by atoms with Crippen molar-refractivity contribution in [1.82, 2.24) is 10.6 Å². The summed E-state index contributed by atoms with van der Waals surface area (Å²) in [6.07, 6.45) is 4.50. The SMILES string of the molecule is Cl.O=C(NC(c1ccccc1F)C1CCCC1)C1CNC1. The van der Waals surface area contributed by atoms with E-state index in [-0.39, 0.29) is 36.1 Å². The van der Waals surface area contributed by atoms with Crippen molar-refractivity contribution in [3.05, 3.63) is 35.6 Å². The van der Waals surface area contributed by atoms with Crippen molar-refractivity contribution in [2.45, 2.75) is 31.7 Å². The molecule has 1 aliphatic carbocycles. The van der Waals surface area contributed by atoms with Gasteiger partial charge in [0.2, 0.25) is 5.91 Å². The molecule has 1 aromatic carbocycles. The van der Waals surface area contributed by atoms with Crippen molar-refractivity contribution in [3.63, 3.8) is 0 Å². The van der Waals surface area contributed by atoms with Crippen LogP contribution in [-0.4, -0.2) is 19.0 Å². The number of amides is 1. The van der Waals surface area contributed by atoms with E-state index in [1.165, 1.54) is 18.9 Å². The summed E-state index contributed by atoms with van der Waals surface area (Å²) in [4.78, 5) is 12.2. The largest absolute Gasteiger partial charge is 0.349 e. The van der Waals surface area contributed by atoms with Gasteiger partial charge in [0, 0.05) is 18.7 Å². The fourth-order valence-electron chi connectivity index (χ4n) is 3.21. The van der Waals surface area contributed by atoms with Crippen LogP contribution in [0.2, 0.25) is 0 Å². The molecule has 1 unspecified atom stereocenters. The lowest BCUT2D eigenvalue weighted by atomic mass is 9.90. The number of benzene rings is 1. The summed E-state index contributed by atoms with van der Waals surface area (Å²) in [6, 6.07) is 6.65. The van der Waals surface area contributed by atoms with E-state index in [1.807, 2.05) is 6.07 Å². The molecule has 0 radical (unpaired) electrons. The molecule has 116 valence electrons. The van der Waals surface area contributed by atoms with Gasteiger partial charge in [-0.3, -0.25) is 4.79 Å². The predicted molar refractivity (Wildman–Crippen MR) is 82.8 cm³/mol. The van der Waals surface area contributed by atoms with Gasteiger partial charge in [0.25, 0.3) is 0 Å². The zero-order valence-corrected chi connectivity index (χ0v) is 12.8. The first kappa shape index (κ1) is 16.2. The van der Waals surface area contributed by atoms with Crippen LogP contribution in [0.5, 0.6) is 0 Å². The Morgan fingerprint density at radius 3 is 2.48 bits per heavy atom. The smallest absolute Gasteiger partial charge is 0.226 e. The van der Waals surface area contributed by atoms with Gasteiger partial charge in [-0.25, -0.2) is 4.39 Å². The van der Waals surface area contributed by atoms with Gasteiger partial charge in [-0.1, -0.05) is 31.0 Å². The number of hydrogen-bond donors (Lipinski definition) is 2. The highest BCUT2D eigenvalue weighted by molar-refractivity contribution is 5.85. The third-order valence-electron chi connectivity index (χ3n) is 4.56. The fourth-order valence-corrected chi connectivity index (χ4v) is 3.21. The predicted octanol–water partition coefficient (Wildman–Crippen LogP) is 2.81. The molecular formula is C16H22ClFN2O. The van der Waals surface area contributed by atoms with Crippen LogP contribution in [0.25, 0.3) is 0 Å². The van der Waals surface area contributed by atoms with Crippen LogP contribution in [0.15, 0.2) is 24.3 Å². The Balaban J connectivity index is 0.00000161. The van der Waals surface area contributed by atoms with Crippen LogP contribution in [0, 0.1) is 17.7 Å². The molecular weight excluding hydrogens is 291 g/mol. The maximum absolute atomic E-state index is 14.1. The van der Waals surface area contributed by atoms with Gasteiger partial charge in [0.1, 0.15) is 5.82 Å². The van der Waals surface area contributed by atoms with Crippen LogP contribution < -0.4 is 10.6 Å². The highest BCUT2D eigenvalue weighted by atomic mass is 35.5. The van der Waals surface area contributed by atoms with Gasteiger partial charge in [0.15, 0.2) is 0 Å². The summed E-state index contributed by atoms with van der Waals surface area (Å²) >= 11 is 0. The minimum absolute atomic E-state index is 0. The number of hydrogen-bond acceptors (Lipinski definition) is 2. The first-order valence-corrected chi connectivity index (χ1v) is 7.51. The molecule has 2 aliphatic rings. The van der Waals surface area contributed by atoms with E-state index in [4.69, 9.17) is 0 Å². The molecule has 21 heavy (non-hydrogen) atoms. The van der Waals surface area contributed by atoms with E-state index in [9.17, 15) is 9.18 Å². The third-order valence-corrected chi connectivity index (χ3v) is 4.56. The van der Waals surface area contributed by atoms with Crippen molar-refractivity contribution in [2.75, 3.05) is 13.1 Å². The lowest BCUT2D eigenvalue weighted by molar-refractivity contribution is -0.127. The van der Waals surface area contributed by atoms with E-state index in [0.717, 1.165) is 25.9 Å². The molecule has 1 saturated carbocycles. The van der Waals surface area contributed by atoms with Gasteiger partial charge >= 0.3 is 0 Å². The van der Waals surface area contributed by atoms with Crippen molar-refractivity contribution >= 4 is 18.3 Å². The Morgan fingerprint density at radius 1 is 1.24 bits per heavy atom. The second-order valence-corrected chi connectivity index (χ2v) is 5.91. The highest BCUT2D eigenvalue weighted by Gasteiger charge is 2.32. The summed E-state index contributed by atoms with van der Waals surface area (Å²) in [5.41, 5.74) is 0.639. The molecule has 2 fully saturated rings. The maximum atomic E-state index is 14.1. The average Bonchev–Trinajstić information content (AvgIpc) is 2.88. The van der Waals surface area contributed by atoms with Crippen molar-refractivity contribution in [2.24, 2.45) is 11.8 Å². The summed E-state index contributed by atoms with van der Waals surface area (Å²) in [5.74, 6) is 0.259. The van der Waals surface area contributed by atoms with Crippen LogP contribution >= 0.6 is 12.4 Å². The molecule has 1 heterocycles. The molecule has 0 aromatic heterocycles. The quantitative estimate of drug-likeness (QED) is 0.897. The Kier molecular flexibility index (Phi) is 5.59. The van der Waals surface area contributed by atoms with Gasteiger partial charge in [-0.2, -0.15) is 0 Å². The maximum Gasteiger partial charge on any atom is 0.226 e. The van der Waals surface area contributed by atoms with Crippen molar-refractivity contribution in [3.8, 4) is 0 Å². The van der Waals surface area contributed by atoms with Crippen molar-refractivity contribution < 1.29 is 9.18 Å². The molecule has 5 heteroatoms. The standard InChI is InChI=1S/C16H21FN2O.ClH/c17-14-8-4-3-7-13(14)15(11-5-1-2-6-11)19-16(20)12-9-18-10-12;/h3-4,7-8,11-12,15,18H,1-2,5-6,9-10H2,(H,19,20);1H. The second kappa shape index (κ2) is 7.23. The van der Waals surface area contributed by atoms with E-state index in [2.05, 4.69) is 10.6 Å². The number of carbonyl (C=O) groups excluding carboxylic acids is 1. The molecule has 3 rings (SSSR count). The minimum Gasteiger partial charge on any atom is -0.349 e. The minimum atomic E-state index is -0.212. The topological polar surface area (TPSA) is 41.1 Å². The van der Waals surface area contributed by atoms with Gasteiger partial charge in [-0.05, 0) is 24.8 Å². The van der Waals surface area contributed by atoms with Crippen LogP contribution in [0.3, 0.4) is 0 Å². The molecule has 1 aliphatic heterocycles. The van der Waals surface area contributed by atoms with Gasteiger partial charge in [-0.15, -0.1) is 12.4 Å².